The summed E-state index contributed by atoms with van der Waals surface area (Å²) in [6, 6.07) is 2.05. The Labute approximate surface area is 111 Å². The minimum Gasteiger partial charge on any atom is -0.480 e. The number of nitrogens with zero attached hydrogens (tertiary/aromatic N) is 1. The van der Waals surface area contributed by atoms with Gasteiger partial charge in [0.15, 0.2) is 6.04 Å². The fourth-order valence-corrected chi connectivity index (χ4v) is 1.56. The van der Waals surface area contributed by atoms with Crippen LogP contribution in [0.5, 0.6) is 0 Å². The Bertz CT molecular complexity index is 533. The molecule has 0 spiro atoms. The number of hydrogen-bond donors (Lipinski definition) is 3. The van der Waals surface area contributed by atoms with Gasteiger partial charge >= 0.3 is 5.97 Å². The van der Waals surface area contributed by atoms with E-state index in [0.29, 0.717) is 0 Å². The molecule has 8 nitrogen and oxygen atoms in total. The molecule has 0 aliphatic carbocycles. The van der Waals surface area contributed by atoms with Crippen molar-refractivity contribution < 1.29 is 24.7 Å². The van der Waals surface area contributed by atoms with Crippen LogP contribution >= 0.6 is 11.6 Å². The number of rotatable bonds is 5. The maximum atomic E-state index is 11.8. The molecule has 1 rings (SSSR count). The van der Waals surface area contributed by atoms with Crippen LogP contribution in [0, 0.1) is 10.1 Å². The van der Waals surface area contributed by atoms with Gasteiger partial charge in [0.1, 0.15) is 5.56 Å². The van der Waals surface area contributed by atoms with E-state index in [-0.39, 0.29) is 5.02 Å². The van der Waals surface area contributed by atoms with Crippen LogP contribution in [-0.2, 0) is 4.79 Å². The van der Waals surface area contributed by atoms with Crippen molar-refractivity contribution in [3.8, 4) is 0 Å². The molecule has 0 radical (unpaired) electrons. The first kappa shape index (κ1) is 14.9. The van der Waals surface area contributed by atoms with E-state index >= 15 is 0 Å². The fourth-order valence-electron chi connectivity index (χ4n) is 1.31. The highest BCUT2D eigenvalue weighted by Gasteiger charge is 2.27. The quantitative estimate of drug-likeness (QED) is 0.532. The zero-order valence-corrected chi connectivity index (χ0v) is 10.1. The monoisotopic (exact) mass is 288 g/mol. The van der Waals surface area contributed by atoms with Gasteiger partial charge in [0, 0.05) is 6.07 Å². The standard InChI is InChI=1S/C10H9ClN2O6/c11-5-2-1-3-7(13(18)19)8(5)9(15)12-6(4-14)10(16)17/h1-3,6,14H,4H2,(H,12,15)(H,16,17)/t6-/m0/s1. The van der Waals surface area contributed by atoms with Crippen molar-refractivity contribution in [2.75, 3.05) is 6.61 Å². The lowest BCUT2D eigenvalue weighted by molar-refractivity contribution is -0.385. The molecule has 0 aromatic heterocycles. The summed E-state index contributed by atoms with van der Waals surface area (Å²) in [5.41, 5.74) is -0.999. The maximum Gasteiger partial charge on any atom is 0.328 e. The van der Waals surface area contributed by atoms with Crippen LogP contribution in [0.25, 0.3) is 0 Å². The second kappa shape index (κ2) is 6.12. The fraction of sp³-hybridized carbons (Fsp3) is 0.200. The number of carboxylic acid groups (broad SMARTS) is 1. The van der Waals surface area contributed by atoms with E-state index in [1.54, 1.807) is 0 Å². The van der Waals surface area contributed by atoms with Crippen LogP contribution in [0.1, 0.15) is 10.4 Å². The highest BCUT2D eigenvalue weighted by Crippen LogP contribution is 2.26. The largest absolute Gasteiger partial charge is 0.480 e. The van der Waals surface area contributed by atoms with Crippen LogP contribution in [0.15, 0.2) is 18.2 Å². The van der Waals surface area contributed by atoms with E-state index in [1.807, 2.05) is 5.32 Å². The molecule has 0 heterocycles. The summed E-state index contributed by atoms with van der Waals surface area (Å²) in [6.07, 6.45) is 0. The highest BCUT2D eigenvalue weighted by atomic mass is 35.5. The third-order valence-electron chi connectivity index (χ3n) is 2.20. The summed E-state index contributed by atoms with van der Waals surface area (Å²) in [5.74, 6) is -2.51. The van der Waals surface area contributed by atoms with Crippen LogP contribution in [0.3, 0.4) is 0 Å². The molecule has 0 fully saturated rings. The molecule has 9 heteroatoms. The average molecular weight is 289 g/mol. The Morgan fingerprint density at radius 1 is 1.47 bits per heavy atom. The molecule has 19 heavy (non-hydrogen) atoms. The Morgan fingerprint density at radius 2 is 2.11 bits per heavy atom. The van der Waals surface area contributed by atoms with E-state index < -0.39 is 40.7 Å². The van der Waals surface area contributed by atoms with Crippen molar-refractivity contribution in [1.82, 2.24) is 5.32 Å². The SMILES string of the molecule is O=C(N[C@@H](CO)C(=O)O)c1c(Cl)cccc1[N+](=O)[O-]. The molecule has 0 saturated heterocycles. The maximum absolute atomic E-state index is 11.8. The van der Waals surface area contributed by atoms with Gasteiger partial charge in [-0.3, -0.25) is 14.9 Å². The van der Waals surface area contributed by atoms with Crippen molar-refractivity contribution >= 4 is 29.2 Å². The molecule has 0 unspecified atom stereocenters. The molecule has 1 aromatic carbocycles. The van der Waals surface area contributed by atoms with E-state index in [2.05, 4.69) is 0 Å². The summed E-state index contributed by atoms with van der Waals surface area (Å²) >= 11 is 5.70. The molecule has 0 aliphatic rings. The lowest BCUT2D eigenvalue weighted by Gasteiger charge is -2.12. The second-order valence-electron chi connectivity index (χ2n) is 3.44. The van der Waals surface area contributed by atoms with Crippen LogP contribution in [-0.4, -0.2) is 39.7 Å². The summed E-state index contributed by atoms with van der Waals surface area (Å²) in [6.45, 7) is -0.848. The van der Waals surface area contributed by atoms with Gasteiger partial charge in [0.25, 0.3) is 11.6 Å². The minimum atomic E-state index is -1.57. The van der Waals surface area contributed by atoms with Gasteiger partial charge in [0.2, 0.25) is 0 Å². The normalized spacial score (nSPS) is 11.7. The molecular formula is C10H9ClN2O6. The summed E-state index contributed by atoms with van der Waals surface area (Å²) < 4.78 is 0. The van der Waals surface area contributed by atoms with Crippen LogP contribution < -0.4 is 5.32 Å². The first-order valence-electron chi connectivity index (χ1n) is 4.96. The molecule has 1 aromatic rings. The summed E-state index contributed by atoms with van der Waals surface area (Å²) in [5, 5.41) is 30.0. The van der Waals surface area contributed by atoms with Crippen molar-refractivity contribution in [2.45, 2.75) is 6.04 Å². The number of aliphatic carboxylic acids is 1. The van der Waals surface area contributed by atoms with Gasteiger partial charge in [-0.25, -0.2) is 4.79 Å². The molecule has 0 saturated carbocycles. The lowest BCUT2D eigenvalue weighted by atomic mass is 10.1. The van der Waals surface area contributed by atoms with Crippen molar-refractivity contribution in [3.63, 3.8) is 0 Å². The van der Waals surface area contributed by atoms with E-state index in [0.717, 1.165) is 6.07 Å². The number of aliphatic hydroxyl groups excluding tert-OH is 1. The number of carboxylic acids is 1. The third kappa shape index (κ3) is 3.39. The Kier molecular flexibility index (Phi) is 4.79. The number of carbonyl (C=O) groups is 2. The van der Waals surface area contributed by atoms with Gasteiger partial charge in [-0.2, -0.15) is 0 Å². The van der Waals surface area contributed by atoms with Gasteiger partial charge in [0.05, 0.1) is 16.6 Å². The average Bonchev–Trinajstić information content (AvgIpc) is 2.34. The number of halogens is 1. The molecular weight excluding hydrogens is 280 g/mol. The molecule has 102 valence electrons. The van der Waals surface area contributed by atoms with Crippen LogP contribution in [0.4, 0.5) is 5.69 Å². The first-order valence-corrected chi connectivity index (χ1v) is 5.33. The van der Waals surface area contributed by atoms with Crippen molar-refractivity contribution in [1.29, 1.82) is 0 Å². The first-order chi connectivity index (χ1) is 8.88. The van der Waals surface area contributed by atoms with Gasteiger partial charge in [-0.05, 0) is 6.07 Å². The molecule has 0 aliphatic heterocycles. The summed E-state index contributed by atoms with van der Waals surface area (Å²) in [7, 11) is 0. The molecule has 1 atom stereocenters. The van der Waals surface area contributed by atoms with Gasteiger partial charge in [-0.1, -0.05) is 17.7 Å². The Balaban J connectivity index is 3.12. The number of carbonyl (C=O) groups excluding carboxylic acids is 1. The zero-order chi connectivity index (χ0) is 14.6. The van der Waals surface area contributed by atoms with Crippen LogP contribution in [0.2, 0.25) is 5.02 Å². The number of nitro groups is 1. The molecule has 0 bridgehead atoms. The second-order valence-corrected chi connectivity index (χ2v) is 3.85. The number of hydrogen-bond acceptors (Lipinski definition) is 5. The predicted molar refractivity (Wildman–Crippen MR) is 64.1 cm³/mol. The third-order valence-corrected chi connectivity index (χ3v) is 2.52. The number of amides is 1. The van der Waals surface area contributed by atoms with Gasteiger partial charge in [-0.15, -0.1) is 0 Å². The van der Waals surface area contributed by atoms with Gasteiger partial charge < -0.3 is 15.5 Å². The van der Waals surface area contributed by atoms with Crippen molar-refractivity contribution in [3.05, 3.63) is 38.9 Å². The predicted octanol–water partition coefficient (Wildman–Crippen LogP) is 0.424. The highest BCUT2D eigenvalue weighted by molar-refractivity contribution is 6.34. The molecule has 3 N–H and O–H groups in total. The Morgan fingerprint density at radius 3 is 2.58 bits per heavy atom. The number of nitro benzene ring substituents is 1. The molecule has 1 amide bonds. The smallest absolute Gasteiger partial charge is 0.328 e. The minimum absolute atomic E-state index is 0.186. The van der Waals surface area contributed by atoms with E-state index in [1.165, 1.54) is 12.1 Å². The number of benzene rings is 1. The summed E-state index contributed by atoms with van der Waals surface area (Å²) in [4.78, 5) is 32.4. The number of aliphatic hydroxyl groups is 1. The Hall–Kier alpha value is -2.19. The number of nitrogens with one attached hydrogen (secondary N) is 1. The van der Waals surface area contributed by atoms with E-state index in [9.17, 15) is 19.7 Å². The van der Waals surface area contributed by atoms with Crippen molar-refractivity contribution in [2.24, 2.45) is 0 Å². The lowest BCUT2D eigenvalue weighted by Crippen LogP contribution is -2.43. The topological polar surface area (TPSA) is 130 Å². The van der Waals surface area contributed by atoms with E-state index in [4.69, 9.17) is 21.8 Å². The zero-order valence-electron chi connectivity index (χ0n) is 9.37.